The smallest absolute Gasteiger partial charge is 0.224 e. The fourth-order valence-electron chi connectivity index (χ4n) is 2.84. The molecule has 2 rings (SSSR count). The average molecular weight is 389 g/mol. The summed E-state index contributed by atoms with van der Waals surface area (Å²) >= 11 is 6.17. The molecule has 0 aromatic heterocycles. The Labute approximate surface area is 165 Å². The second-order valence-corrected chi connectivity index (χ2v) is 6.54. The average Bonchev–Trinajstić information content (AvgIpc) is 2.66. The van der Waals surface area contributed by atoms with E-state index >= 15 is 0 Å². The van der Waals surface area contributed by atoms with E-state index in [0.717, 1.165) is 5.56 Å². The highest BCUT2D eigenvalue weighted by atomic mass is 35.5. The summed E-state index contributed by atoms with van der Waals surface area (Å²) in [7, 11) is 1.54. The SMILES string of the molecule is CCN(Cc1ccccc1)C(=O)CCN(C(C)=O)c1ccc(OC)c(Cl)c1. The van der Waals surface area contributed by atoms with E-state index in [-0.39, 0.29) is 18.2 Å². The number of amides is 2. The van der Waals surface area contributed by atoms with Crippen LogP contribution in [0.2, 0.25) is 5.02 Å². The second kappa shape index (κ2) is 9.97. The minimum atomic E-state index is -0.143. The zero-order valence-electron chi connectivity index (χ0n) is 15.9. The fraction of sp³-hybridized carbons (Fsp3) is 0.333. The van der Waals surface area contributed by atoms with Crippen LogP contribution in [0.3, 0.4) is 0 Å². The van der Waals surface area contributed by atoms with Crippen LogP contribution >= 0.6 is 11.6 Å². The summed E-state index contributed by atoms with van der Waals surface area (Å²) in [5, 5.41) is 0.423. The van der Waals surface area contributed by atoms with Gasteiger partial charge in [0.1, 0.15) is 5.75 Å². The maximum absolute atomic E-state index is 12.6. The minimum absolute atomic E-state index is 0.00668. The van der Waals surface area contributed by atoms with Crippen molar-refractivity contribution in [2.24, 2.45) is 0 Å². The van der Waals surface area contributed by atoms with Crippen LogP contribution in [0, 0.1) is 0 Å². The third-order valence-corrected chi connectivity index (χ3v) is 4.62. The molecule has 0 radical (unpaired) electrons. The maximum Gasteiger partial charge on any atom is 0.224 e. The molecule has 0 unspecified atom stereocenters. The van der Waals surface area contributed by atoms with E-state index in [9.17, 15) is 9.59 Å². The molecule has 5 nitrogen and oxygen atoms in total. The van der Waals surface area contributed by atoms with E-state index in [1.54, 1.807) is 28.0 Å². The number of carbonyl (C=O) groups excluding carboxylic acids is 2. The standard InChI is InChI=1S/C21H25ClN2O3/c1-4-23(15-17-8-6-5-7-9-17)21(26)12-13-24(16(2)25)18-10-11-20(27-3)19(22)14-18/h5-11,14H,4,12-13,15H2,1-3H3. The van der Waals surface area contributed by atoms with Gasteiger partial charge in [-0.15, -0.1) is 0 Å². The zero-order valence-corrected chi connectivity index (χ0v) is 16.7. The van der Waals surface area contributed by atoms with Crippen molar-refractivity contribution in [1.82, 2.24) is 4.90 Å². The molecule has 0 saturated carbocycles. The van der Waals surface area contributed by atoms with Gasteiger partial charge in [-0.2, -0.15) is 0 Å². The number of benzene rings is 2. The highest BCUT2D eigenvalue weighted by Gasteiger charge is 2.18. The van der Waals surface area contributed by atoms with Gasteiger partial charge in [0, 0.05) is 38.7 Å². The lowest BCUT2D eigenvalue weighted by Crippen LogP contribution is -2.36. The van der Waals surface area contributed by atoms with Crippen molar-refractivity contribution >= 4 is 29.1 Å². The van der Waals surface area contributed by atoms with Crippen molar-refractivity contribution in [1.29, 1.82) is 0 Å². The Morgan fingerprint density at radius 1 is 1.11 bits per heavy atom. The Balaban J connectivity index is 2.05. The zero-order chi connectivity index (χ0) is 19.8. The third kappa shape index (κ3) is 5.73. The Morgan fingerprint density at radius 3 is 2.37 bits per heavy atom. The number of anilines is 1. The quantitative estimate of drug-likeness (QED) is 0.682. The molecular formula is C21H25ClN2O3. The summed E-state index contributed by atoms with van der Waals surface area (Å²) in [5.74, 6) is 0.405. The van der Waals surface area contributed by atoms with Gasteiger partial charge in [0.05, 0.1) is 12.1 Å². The van der Waals surface area contributed by atoms with Crippen molar-refractivity contribution < 1.29 is 14.3 Å². The van der Waals surface area contributed by atoms with Crippen molar-refractivity contribution in [3.05, 3.63) is 59.1 Å². The highest BCUT2D eigenvalue weighted by Crippen LogP contribution is 2.29. The van der Waals surface area contributed by atoms with Gasteiger partial charge in [-0.3, -0.25) is 9.59 Å². The molecule has 27 heavy (non-hydrogen) atoms. The van der Waals surface area contributed by atoms with Crippen LogP contribution in [0.15, 0.2) is 48.5 Å². The molecule has 0 aliphatic carbocycles. The Morgan fingerprint density at radius 2 is 1.81 bits per heavy atom. The number of halogens is 1. The summed E-state index contributed by atoms with van der Waals surface area (Å²) in [6, 6.07) is 15.0. The lowest BCUT2D eigenvalue weighted by Gasteiger charge is -2.25. The fourth-order valence-corrected chi connectivity index (χ4v) is 3.09. The van der Waals surface area contributed by atoms with E-state index in [2.05, 4.69) is 0 Å². The van der Waals surface area contributed by atoms with Gasteiger partial charge in [-0.05, 0) is 30.7 Å². The van der Waals surface area contributed by atoms with Gasteiger partial charge in [0.15, 0.2) is 0 Å². The van der Waals surface area contributed by atoms with E-state index in [1.165, 1.54) is 14.0 Å². The molecule has 2 amide bonds. The molecule has 0 heterocycles. The molecule has 2 aromatic rings. The second-order valence-electron chi connectivity index (χ2n) is 6.13. The van der Waals surface area contributed by atoms with Crippen LogP contribution in [0.25, 0.3) is 0 Å². The van der Waals surface area contributed by atoms with Crippen molar-refractivity contribution in [3.63, 3.8) is 0 Å². The summed E-state index contributed by atoms with van der Waals surface area (Å²) < 4.78 is 5.14. The summed E-state index contributed by atoms with van der Waals surface area (Å²) in [5.41, 5.74) is 1.73. The summed E-state index contributed by atoms with van der Waals surface area (Å²) in [6.07, 6.45) is 0.240. The van der Waals surface area contributed by atoms with Gasteiger partial charge in [-0.1, -0.05) is 41.9 Å². The molecule has 2 aromatic carbocycles. The number of nitrogens with zero attached hydrogens (tertiary/aromatic N) is 2. The Hall–Kier alpha value is -2.53. The van der Waals surface area contributed by atoms with Crippen LogP contribution in [0.4, 0.5) is 5.69 Å². The monoisotopic (exact) mass is 388 g/mol. The maximum atomic E-state index is 12.6. The van der Waals surface area contributed by atoms with Crippen LogP contribution in [0.1, 0.15) is 25.8 Å². The van der Waals surface area contributed by atoms with E-state index in [4.69, 9.17) is 16.3 Å². The normalized spacial score (nSPS) is 10.4. The molecular weight excluding hydrogens is 364 g/mol. The first-order chi connectivity index (χ1) is 13.0. The predicted octanol–water partition coefficient (Wildman–Crippen LogP) is 4.14. The minimum Gasteiger partial charge on any atom is -0.495 e. The Kier molecular flexibility index (Phi) is 7.67. The number of hydrogen-bond donors (Lipinski definition) is 0. The number of carbonyl (C=O) groups is 2. The lowest BCUT2D eigenvalue weighted by atomic mass is 10.2. The predicted molar refractivity (Wildman–Crippen MR) is 108 cm³/mol. The van der Waals surface area contributed by atoms with Crippen LogP contribution < -0.4 is 9.64 Å². The molecule has 0 aliphatic rings. The first-order valence-corrected chi connectivity index (χ1v) is 9.27. The molecule has 0 spiro atoms. The van der Waals surface area contributed by atoms with Gasteiger partial charge in [0.2, 0.25) is 11.8 Å². The first-order valence-electron chi connectivity index (χ1n) is 8.89. The van der Waals surface area contributed by atoms with Crippen LogP contribution in [-0.4, -0.2) is 36.9 Å². The summed E-state index contributed by atoms with van der Waals surface area (Å²) in [4.78, 5) is 28.1. The van der Waals surface area contributed by atoms with Crippen molar-refractivity contribution in [2.45, 2.75) is 26.8 Å². The Bertz CT molecular complexity index is 780. The summed E-state index contributed by atoms with van der Waals surface area (Å²) in [6.45, 7) is 4.89. The number of ether oxygens (including phenoxy) is 1. The van der Waals surface area contributed by atoms with E-state index in [0.29, 0.717) is 36.1 Å². The largest absolute Gasteiger partial charge is 0.495 e. The van der Waals surface area contributed by atoms with Gasteiger partial charge in [-0.25, -0.2) is 0 Å². The molecule has 6 heteroatoms. The number of hydrogen-bond acceptors (Lipinski definition) is 3. The molecule has 0 bridgehead atoms. The first kappa shape index (κ1) is 20.8. The van der Waals surface area contributed by atoms with Gasteiger partial charge < -0.3 is 14.5 Å². The molecule has 0 N–H and O–H groups in total. The molecule has 0 fully saturated rings. The molecule has 0 atom stereocenters. The van der Waals surface area contributed by atoms with Gasteiger partial charge in [0.25, 0.3) is 0 Å². The van der Waals surface area contributed by atoms with Crippen molar-refractivity contribution in [3.8, 4) is 5.75 Å². The molecule has 144 valence electrons. The topological polar surface area (TPSA) is 49.9 Å². The molecule has 0 aliphatic heterocycles. The van der Waals surface area contributed by atoms with Crippen molar-refractivity contribution in [2.75, 3.05) is 25.1 Å². The highest BCUT2D eigenvalue weighted by molar-refractivity contribution is 6.32. The van der Waals surface area contributed by atoms with Crippen LogP contribution in [0.5, 0.6) is 5.75 Å². The van der Waals surface area contributed by atoms with E-state index in [1.807, 2.05) is 37.3 Å². The third-order valence-electron chi connectivity index (χ3n) is 4.33. The lowest BCUT2D eigenvalue weighted by molar-refractivity contribution is -0.131. The van der Waals surface area contributed by atoms with Crippen LogP contribution in [-0.2, 0) is 16.1 Å². The number of methoxy groups -OCH3 is 1. The number of rotatable bonds is 8. The van der Waals surface area contributed by atoms with Gasteiger partial charge >= 0.3 is 0 Å². The molecule has 0 saturated heterocycles. The van der Waals surface area contributed by atoms with E-state index < -0.39 is 0 Å².